The van der Waals surface area contributed by atoms with Crippen molar-refractivity contribution in [2.24, 2.45) is 0 Å². The molecule has 184 valence electrons. The molecule has 0 atom stereocenters. The number of hydrogen-bond acceptors (Lipinski definition) is 8. The Labute approximate surface area is 213 Å². The van der Waals surface area contributed by atoms with Gasteiger partial charge < -0.3 is 20.4 Å². The molecule has 5 rings (SSSR count). The first kappa shape index (κ1) is 23.8. The summed E-state index contributed by atoms with van der Waals surface area (Å²) in [7, 11) is 1.54. The third-order valence-corrected chi connectivity index (χ3v) is 6.62. The molecule has 3 N–H and O–H groups in total. The molecule has 1 saturated heterocycles. The molecule has 37 heavy (non-hydrogen) atoms. The van der Waals surface area contributed by atoms with Crippen LogP contribution in [0.25, 0.3) is 27.7 Å². The van der Waals surface area contributed by atoms with E-state index in [-0.39, 0.29) is 11.7 Å². The molecule has 1 fully saturated rings. The van der Waals surface area contributed by atoms with Crippen molar-refractivity contribution in [2.75, 3.05) is 25.9 Å². The predicted octanol–water partition coefficient (Wildman–Crippen LogP) is 4.38. The van der Waals surface area contributed by atoms with Crippen molar-refractivity contribution in [1.29, 1.82) is 5.26 Å². The van der Waals surface area contributed by atoms with Crippen molar-refractivity contribution in [2.45, 2.75) is 12.8 Å². The number of allylic oxidation sites excluding steroid dienone is 2. The highest BCUT2D eigenvalue weighted by molar-refractivity contribution is 6.18. The molecule has 3 aromatic heterocycles. The van der Waals surface area contributed by atoms with Gasteiger partial charge in [0.2, 0.25) is 11.7 Å². The Morgan fingerprint density at radius 3 is 2.49 bits per heavy atom. The minimum absolute atomic E-state index is 0.164. The van der Waals surface area contributed by atoms with Crippen molar-refractivity contribution in [3.8, 4) is 23.1 Å². The zero-order valence-corrected chi connectivity index (χ0v) is 20.4. The number of pyridine rings is 1. The highest BCUT2D eigenvalue weighted by Gasteiger charge is 2.26. The van der Waals surface area contributed by atoms with Gasteiger partial charge in [-0.3, -0.25) is 9.78 Å². The maximum absolute atomic E-state index is 13.6. The summed E-state index contributed by atoms with van der Waals surface area (Å²) in [4.78, 5) is 31.4. The van der Waals surface area contributed by atoms with E-state index in [0.717, 1.165) is 11.1 Å². The number of H-pyrrole nitrogens is 1. The summed E-state index contributed by atoms with van der Waals surface area (Å²) in [5.74, 6) is 0.432. The lowest BCUT2D eigenvalue weighted by molar-refractivity contribution is 0.0990. The third kappa shape index (κ3) is 4.41. The quantitative estimate of drug-likeness (QED) is 0.231. The zero-order chi connectivity index (χ0) is 25.9. The fourth-order valence-corrected chi connectivity index (χ4v) is 4.68. The number of ether oxygens (including phenoxy) is 1. The highest BCUT2D eigenvalue weighted by Crippen LogP contribution is 2.36. The molecule has 4 aromatic rings. The predicted molar refractivity (Wildman–Crippen MR) is 141 cm³/mol. The third-order valence-electron chi connectivity index (χ3n) is 6.62. The van der Waals surface area contributed by atoms with E-state index in [0.29, 0.717) is 70.7 Å². The van der Waals surface area contributed by atoms with Crippen LogP contribution in [0.2, 0.25) is 0 Å². The molecule has 4 heterocycles. The van der Waals surface area contributed by atoms with Crippen LogP contribution in [0.3, 0.4) is 0 Å². The topological polar surface area (TPSA) is 134 Å². The number of carbonyl (C=O) groups is 1. The Bertz CT molecular complexity index is 1550. The maximum Gasteiger partial charge on any atom is 0.219 e. The number of fused-ring (bicyclic) bond motifs is 1. The fraction of sp³-hybridized carbons (Fsp3) is 0.179. The van der Waals surface area contributed by atoms with Crippen LogP contribution in [-0.2, 0) is 0 Å². The Kier molecular flexibility index (Phi) is 6.39. The van der Waals surface area contributed by atoms with Crippen LogP contribution in [0.5, 0.6) is 5.75 Å². The molecule has 0 spiro atoms. The standard InChI is InChI=1S/C28H25N7O2/c1-17(35-10-8-19(9-11-35)21(12-29)18-6-4-3-5-7-18)27(36)22-15-31-26-24(22)23(37-2)16-32-25(26)20-13-33-28(30)34-14-20/h3-7,13-16,31H,1,8-11H2,2H3,(H2,30,33,34). The van der Waals surface area contributed by atoms with Crippen LogP contribution in [0.15, 0.2) is 73.0 Å². The van der Waals surface area contributed by atoms with E-state index >= 15 is 0 Å². The summed E-state index contributed by atoms with van der Waals surface area (Å²) in [5, 5.41) is 10.4. The van der Waals surface area contributed by atoms with E-state index in [1.165, 1.54) is 7.11 Å². The first-order valence-electron chi connectivity index (χ1n) is 11.8. The lowest BCUT2D eigenvalue weighted by atomic mass is 9.93. The average molecular weight is 492 g/mol. The minimum Gasteiger partial charge on any atom is -0.494 e. The molecule has 9 nitrogen and oxygen atoms in total. The molecule has 0 bridgehead atoms. The fourth-order valence-electron chi connectivity index (χ4n) is 4.68. The summed E-state index contributed by atoms with van der Waals surface area (Å²) in [6.07, 6.45) is 7.77. The highest BCUT2D eigenvalue weighted by atomic mass is 16.5. The number of piperidine rings is 1. The number of nitrogens with two attached hydrogens (primary N) is 1. The number of anilines is 1. The molecule has 0 amide bonds. The van der Waals surface area contributed by atoms with Gasteiger partial charge in [-0.25, -0.2) is 9.97 Å². The second-order valence-electron chi connectivity index (χ2n) is 8.68. The van der Waals surface area contributed by atoms with Gasteiger partial charge in [-0.1, -0.05) is 36.9 Å². The first-order chi connectivity index (χ1) is 18.0. The van der Waals surface area contributed by atoms with Crippen molar-refractivity contribution >= 4 is 28.2 Å². The molecule has 1 aliphatic heterocycles. The number of benzene rings is 1. The van der Waals surface area contributed by atoms with Crippen LogP contribution < -0.4 is 10.5 Å². The minimum atomic E-state index is -0.203. The Hall–Kier alpha value is -4.97. The van der Waals surface area contributed by atoms with Gasteiger partial charge in [0.05, 0.1) is 52.8 Å². The van der Waals surface area contributed by atoms with Crippen molar-refractivity contribution in [3.63, 3.8) is 0 Å². The van der Waals surface area contributed by atoms with Gasteiger partial charge in [0.25, 0.3) is 0 Å². The number of hydrogen-bond donors (Lipinski definition) is 2. The van der Waals surface area contributed by atoms with Gasteiger partial charge in [-0.2, -0.15) is 5.26 Å². The number of aromatic amines is 1. The van der Waals surface area contributed by atoms with Gasteiger partial charge in [-0.05, 0) is 24.0 Å². The van der Waals surface area contributed by atoms with Crippen LogP contribution in [0.4, 0.5) is 5.95 Å². The SMILES string of the molecule is C=C(C(=O)c1c[nH]c2c(-c3cnc(N)nc3)ncc(OC)c12)N1CCC(=C(C#N)c2ccccc2)CC1. The van der Waals surface area contributed by atoms with Crippen LogP contribution in [-0.4, -0.2) is 50.8 Å². The number of methoxy groups -OCH3 is 1. The summed E-state index contributed by atoms with van der Waals surface area (Å²) in [6.45, 7) is 5.33. The number of carbonyl (C=O) groups excluding carboxylic acids is 1. The second kappa shape index (κ2) is 9.95. The van der Waals surface area contributed by atoms with E-state index in [1.54, 1.807) is 24.8 Å². The zero-order valence-electron chi connectivity index (χ0n) is 20.4. The number of nitrogens with one attached hydrogen (secondary N) is 1. The number of nitriles is 1. The summed E-state index contributed by atoms with van der Waals surface area (Å²) >= 11 is 0. The number of likely N-dealkylation sites (tertiary alicyclic amines) is 1. The number of ketones is 1. The van der Waals surface area contributed by atoms with Gasteiger partial charge in [0, 0.05) is 37.2 Å². The van der Waals surface area contributed by atoms with Crippen LogP contribution in [0.1, 0.15) is 28.8 Å². The normalized spacial score (nSPS) is 13.3. The van der Waals surface area contributed by atoms with Crippen LogP contribution >= 0.6 is 0 Å². The number of nitrogen functional groups attached to an aromatic ring is 1. The van der Waals surface area contributed by atoms with Gasteiger partial charge in [0.1, 0.15) is 5.75 Å². The van der Waals surface area contributed by atoms with E-state index in [9.17, 15) is 10.1 Å². The van der Waals surface area contributed by atoms with E-state index in [4.69, 9.17) is 10.5 Å². The van der Waals surface area contributed by atoms with Crippen LogP contribution in [0, 0.1) is 11.3 Å². The Morgan fingerprint density at radius 1 is 1.14 bits per heavy atom. The lowest BCUT2D eigenvalue weighted by Crippen LogP contribution is -2.33. The number of nitrogens with zero attached hydrogens (tertiary/aromatic N) is 5. The van der Waals surface area contributed by atoms with Crippen molar-refractivity contribution in [3.05, 3.63) is 84.1 Å². The van der Waals surface area contributed by atoms with Gasteiger partial charge in [0.15, 0.2) is 0 Å². The average Bonchev–Trinajstić information content (AvgIpc) is 3.39. The molecular formula is C28H25N7O2. The second-order valence-corrected chi connectivity index (χ2v) is 8.68. The first-order valence-corrected chi connectivity index (χ1v) is 11.8. The molecule has 1 aromatic carbocycles. The summed E-state index contributed by atoms with van der Waals surface area (Å²) in [6, 6.07) is 12.1. The molecule has 1 aliphatic rings. The van der Waals surface area contributed by atoms with Gasteiger partial charge in [-0.15, -0.1) is 0 Å². The molecule has 0 aliphatic carbocycles. The van der Waals surface area contributed by atoms with E-state index in [1.807, 2.05) is 35.2 Å². The number of aromatic nitrogens is 4. The van der Waals surface area contributed by atoms with E-state index < -0.39 is 0 Å². The van der Waals surface area contributed by atoms with Crippen molar-refractivity contribution in [1.82, 2.24) is 24.8 Å². The Morgan fingerprint density at radius 2 is 1.84 bits per heavy atom. The molecule has 0 unspecified atom stereocenters. The number of rotatable bonds is 6. The van der Waals surface area contributed by atoms with Gasteiger partial charge >= 0.3 is 0 Å². The largest absolute Gasteiger partial charge is 0.494 e. The smallest absolute Gasteiger partial charge is 0.219 e. The van der Waals surface area contributed by atoms with E-state index in [2.05, 4.69) is 32.6 Å². The summed E-state index contributed by atoms with van der Waals surface area (Å²) in [5.41, 5.74) is 11.1. The molecule has 0 saturated carbocycles. The Balaban J connectivity index is 1.42. The molecule has 9 heteroatoms. The van der Waals surface area contributed by atoms with Crippen molar-refractivity contribution < 1.29 is 9.53 Å². The molecular weight excluding hydrogens is 466 g/mol. The molecule has 0 radical (unpaired) electrons. The summed E-state index contributed by atoms with van der Waals surface area (Å²) < 4.78 is 5.54. The lowest BCUT2D eigenvalue weighted by Gasteiger charge is -2.31. The monoisotopic (exact) mass is 491 g/mol. The maximum atomic E-state index is 13.6. The number of Topliss-reactive ketones (excluding diaryl/α,β-unsaturated/α-hetero) is 1.